The molecule has 0 amide bonds. The average molecular weight is 256 g/mol. The van der Waals surface area contributed by atoms with E-state index in [9.17, 15) is 13.2 Å². The van der Waals surface area contributed by atoms with Crippen LogP contribution in [0.1, 0.15) is 41.9 Å². The van der Waals surface area contributed by atoms with Crippen LogP contribution in [0.3, 0.4) is 0 Å². The molecule has 0 aromatic carbocycles. The largest absolute Gasteiger partial charge is 0.293 e. The first-order chi connectivity index (χ1) is 7.89. The van der Waals surface area contributed by atoms with Gasteiger partial charge in [0.05, 0.1) is 17.2 Å². The van der Waals surface area contributed by atoms with Crippen molar-refractivity contribution >= 4 is 15.6 Å². The number of rotatable bonds is 2. The summed E-state index contributed by atoms with van der Waals surface area (Å²) in [5.41, 5.74) is 1.25. The summed E-state index contributed by atoms with van der Waals surface area (Å²) in [6.07, 6.45) is 1.51. The average Bonchev–Trinajstić information content (AvgIpc) is 2.59. The van der Waals surface area contributed by atoms with Gasteiger partial charge < -0.3 is 0 Å². The molecule has 1 saturated heterocycles. The van der Waals surface area contributed by atoms with Gasteiger partial charge in [0.15, 0.2) is 15.6 Å². The monoisotopic (exact) mass is 256 g/mol. The molecule has 1 aliphatic rings. The summed E-state index contributed by atoms with van der Waals surface area (Å²) in [7, 11) is -1.23. The van der Waals surface area contributed by atoms with E-state index in [1.165, 1.54) is 11.6 Å². The summed E-state index contributed by atoms with van der Waals surface area (Å²) in [6, 6.07) is 1.72. The number of ketones is 1. The lowest BCUT2D eigenvalue weighted by atomic mass is 10.0. The van der Waals surface area contributed by atoms with Crippen molar-refractivity contribution < 1.29 is 13.2 Å². The third-order valence-corrected chi connectivity index (χ3v) is 4.96. The van der Waals surface area contributed by atoms with Gasteiger partial charge in [-0.2, -0.15) is 5.10 Å². The molecule has 1 unspecified atom stereocenters. The van der Waals surface area contributed by atoms with Crippen LogP contribution in [0.4, 0.5) is 0 Å². The highest BCUT2D eigenvalue weighted by atomic mass is 32.2. The molecule has 0 saturated carbocycles. The topological polar surface area (TPSA) is 69.0 Å². The molecule has 1 aromatic rings. The Bertz CT molecular complexity index is 545. The van der Waals surface area contributed by atoms with E-state index in [1.807, 2.05) is 0 Å². The second kappa shape index (κ2) is 4.25. The van der Waals surface area contributed by atoms with Gasteiger partial charge in [0.25, 0.3) is 0 Å². The fourth-order valence-corrected chi connectivity index (χ4v) is 4.00. The molecule has 2 rings (SSSR count). The normalized spacial score (nSPS) is 23.5. The van der Waals surface area contributed by atoms with Gasteiger partial charge >= 0.3 is 0 Å². The Kier molecular flexibility index (Phi) is 3.07. The number of Topliss-reactive ketones (excluding diaryl/α,β-unsaturated/α-hetero) is 1. The molecular formula is C11H16N2O3S. The molecule has 1 atom stereocenters. The third kappa shape index (κ3) is 2.57. The maximum Gasteiger partial charge on any atom is 0.177 e. The van der Waals surface area contributed by atoms with Crippen molar-refractivity contribution in [2.75, 3.05) is 11.5 Å². The van der Waals surface area contributed by atoms with Crippen molar-refractivity contribution in [3.05, 3.63) is 17.5 Å². The predicted octanol–water partition coefficient (Wildman–Crippen LogP) is 0.915. The highest BCUT2D eigenvalue weighted by Gasteiger charge is 2.28. The molecule has 0 aliphatic carbocycles. The summed E-state index contributed by atoms with van der Waals surface area (Å²) in [5, 5.41) is 4.25. The molecule has 0 bridgehead atoms. The van der Waals surface area contributed by atoms with E-state index >= 15 is 0 Å². The molecule has 1 aromatic heterocycles. The molecule has 17 heavy (non-hydrogen) atoms. The van der Waals surface area contributed by atoms with Crippen LogP contribution >= 0.6 is 0 Å². The summed E-state index contributed by atoms with van der Waals surface area (Å²) < 4.78 is 24.6. The van der Waals surface area contributed by atoms with Crippen LogP contribution in [0.5, 0.6) is 0 Å². The fourth-order valence-electron chi connectivity index (χ4n) is 2.27. The maximum absolute atomic E-state index is 11.6. The van der Waals surface area contributed by atoms with Gasteiger partial charge in [0, 0.05) is 19.9 Å². The van der Waals surface area contributed by atoms with Gasteiger partial charge in [-0.05, 0) is 18.9 Å². The Balaban J connectivity index is 2.29. The maximum atomic E-state index is 11.6. The van der Waals surface area contributed by atoms with Gasteiger partial charge in [-0.1, -0.05) is 0 Å². The third-order valence-electron chi connectivity index (χ3n) is 3.14. The van der Waals surface area contributed by atoms with Gasteiger partial charge in [-0.15, -0.1) is 0 Å². The molecule has 1 aliphatic heterocycles. The van der Waals surface area contributed by atoms with Crippen LogP contribution in [0.15, 0.2) is 6.07 Å². The van der Waals surface area contributed by atoms with Crippen molar-refractivity contribution in [2.24, 2.45) is 7.05 Å². The van der Waals surface area contributed by atoms with E-state index in [2.05, 4.69) is 5.10 Å². The lowest BCUT2D eigenvalue weighted by Gasteiger charge is -2.19. The minimum Gasteiger partial charge on any atom is -0.293 e. The molecular weight excluding hydrogens is 240 g/mol. The zero-order valence-corrected chi connectivity index (χ0v) is 10.8. The molecule has 0 spiro atoms. The molecule has 1 fully saturated rings. The Morgan fingerprint density at radius 3 is 2.76 bits per heavy atom. The van der Waals surface area contributed by atoms with Crippen LogP contribution in [0.25, 0.3) is 0 Å². The van der Waals surface area contributed by atoms with E-state index in [1.54, 1.807) is 13.1 Å². The van der Waals surface area contributed by atoms with Gasteiger partial charge in [-0.25, -0.2) is 8.42 Å². The quantitative estimate of drug-likeness (QED) is 0.738. The van der Waals surface area contributed by atoms with Crippen molar-refractivity contribution in [3.8, 4) is 0 Å². The highest BCUT2D eigenvalue weighted by molar-refractivity contribution is 7.91. The summed E-state index contributed by atoms with van der Waals surface area (Å²) in [4.78, 5) is 11.3. The minimum absolute atomic E-state index is 0.0510. The number of hydrogen-bond donors (Lipinski definition) is 0. The molecule has 5 nitrogen and oxygen atoms in total. The molecule has 2 heterocycles. The van der Waals surface area contributed by atoms with Crippen LogP contribution in [0, 0.1) is 0 Å². The van der Waals surface area contributed by atoms with E-state index in [4.69, 9.17) is 0 Å². The zero-order valence-electron chi connectivity index (χ0n) is 10.0. The number of carbonyl (C=O) groups is 1. The van der Waals surface area contributed by atoms with Crippen molar-refractivity contribution in [2.45, 2.75) is 25.7 Å². The van der Waals surface area contributed by atoms with Crippen molar-refractivity contribution in [1.82, 2.24) is 9.78 Å². The Hall–Kier alpha value is -1.17. The summed E-state index contributed by atoms with van der Waals surface area (Å²) >= 11 is 0. The number of aryl methyl sites for hydroxylation is 1. The van der Waals surface area contributed by atoms with Crippen LogP contribution < -0.4 is 0 Å². The van der Waals surface area contributed by atoms with Crippen LogP contribution in [-0.2, 0) is 16.9 Å². The molecule has 6 heteroatoms. The first-order valence-corrected chi connectivity index (χ1v) is 7.46. The van der Waals surface area contributed by atoms with Gasteiger partial charge in [0.2, 0.25) is 0 Å². The smallest absolute Gasteiger partial charge is 0.177 e. The highest BCUT2D eigenvalue weighted by Crippen LogP contribution is 2.27. The second-order valence-electron chi connectivity index (χ2n) is 4.59. The molecule has 0 radical (unpaired) electrons. The van der Waals surface area contributed by atoms with E-state index < -0.39 is 9.84 Å². The molecule has 94 valence electrons. The zero-order chi connectivity index (χ0) is 12.6. The minimum atomic E-state index is -2.94. The Morgan fingerprint density at radius 1 is 1.53 bits per heavy atom. The summed E-state index contributed by atoms with van der Waals surface area (Å²) in [6.45, 7) is 1.48. The standard InChI is InChI=1S/C11H16N2O3S/c1-8(14)11-6-10(12-13(11)2)9-4-3-5-17(15,16)7-9/h6,9H,3-5,7H2,1-2H3. The Labute approximate surface area is 101 Å². The van der Waals surface area contributed by atoms with Crippen LogP contribution in [0.2, 0.25) is 0 Å². The number of hydrogen-bond acceptors (Lipinski definition) is 4. The van der Waals surface area contributed by atoms with E-state index in [-0.39, 0.29) is 23.2 Å². The SMILES string of the molecule is CC(=O)c1cc(C2CCCS(=O)(=O)C2)nn1C. The lowest BCUT2D eigenvalue weighted by molar-refractivity contribution is 0.100. The van der Waals surface area contributed by atoms with E-state index in [0.717, 1.165) is 12.1 Å². The second-order valence-corrected chi connectivity index (χ2v) is 6.82. The fraction of sp³-hybridized carbons (Fsp3) is 0.636. The number of sulfone groups is 1. The van der Waals surface area contributed by atoms with Crippen molar-refractivity contribution in [3.63, 3.8) is 0 Å². The first kappa shape index (κ1) is 12.3. The number of aromatic nitrogens is 2. The number of carbonyl (C=O) groups excluding carboxylic acids is 1. The van der Waals surface area contributed by atoms with Gasteiger partial charge in [-0.3, -0.25) is 9.48 Å². The predicted molar refractivity (Wildman–Crippen MR) is 63.8 cm³/mol. The first-order valence-electron chi connectivity index (χ1n) is 5.64. The lowest BCUT2D eigenvalue weighted by Crippen LogP contribution is -2.24. The Morgan fingerprint density at radius 2 is 2.24 bits per heavy atom. The van der Waals surface area contributed by atoms with Crippen molar-refractivity contribution in [1.29, 1.82) is 0 Å². The summed E-state index contributed by atoms with van der Waals surface area (Å²) in [5.74, 6) is 0.315. The number of nitrogens with zero attached hydrogens (tertiary/aromatic N) is 2. The van der Waals surface area contributed by atoms with E-state index in [0.29, 0.717) is 12.1 Å². The van der Waals surface area contributed by atoms with Crippen LogP contribution in [-0.4, -0.2) is 35.5 Å². The van der Waals surface area contributed by atoms with Gasteiger partial charge in [0.1, 0.15) is 5.69 Å². The molecule has 0 N–H and O–H groups in total.